The fourth-order valence-corrected chi connectivity index (χ4v) is 3.02. The van der Waals surface area contributed by atoms with Crippen molar-refractivity contribution < 1.29 is 5.11 Å². The van der Waals surface area contributed by atoms with Gasteiger partial charge in [0.05, 0.1) is 0 Å². The van der Waals surface area contributed by atoms with Crippen molar-refractivity contribution in [1.82, 2.24) is 0 Å². The molecule has 4 heteroatoms. The second-order valence-electron chi connectivity index (χ2n) is 6.76. The molecule has 3 aromatic carbocycles. The Balaban J connectivity index is 1.88. The van der Waals surface area contributed by atoms with Crippen LogP contribution in [0, 0.1) is 6.92 Å². The summed E-state index contributed by atoms with van der Waals surface area (Å²) in [7, 11) is 0. The second kappa shape index (κ2) is 7.96. The van der Waals surface area contributed by atoms with Crippen LogP contribution < -0.4 is 11.5 Å². The first-order chi connectivity index (χ1) is 12.9. The molecule has 0 saturated heterocycles. The average Bonchev–Trinajstić information content (AvgIpc) is 2.66. The van der Waals surface area contributed by atoms with E-state index in [1.807, 2.05) is 68.4 Å². The first-order valence-corrected chi connectivity index (χ1v) is 8.99. The van der Waals surface area contributed by atoms with Crippen molar-refractivity contribution in [3.8, 4) is 16.9 Å². The predicted molar refractivity (Wildman–Crippen MR) is 114 cm³/mol. The Kier molecular flexibility index (Phi) is 5.46. The van der Waals surface area contributed by atoms with Gasteiger partial charge in [-0.1, -0.05) is 24.3 Å². The quantitative estimate of drug-likeness (QED) is 0.460. The van der Waals surface area contributed by atoms with Gasteiger partial charge in [0.2, 0.25) is 0 Å². The smallest absolute Gasteiger partial charge is 0.119 e. The Bertz CT molecular complexity index is 958. The normalized spacial score (nSPS) is 11.6. The maximum absolute atomic E-state index is 10.2. The number of aliphatic imine (C=N–C) groups is 1. The molecule has 5 N–H and O–H groups in total. The molecule has 0 fully saturated rings. The molecule has 0 bridgehead atoms. The van der Waals surface area contributed by atoms with Crippen molar-refractivity contribution in [3.63, 3.8) is 0 Å². The van der Waals surface area contributed by atoms with Crippen molar-refractivity contribution in [2.75, 3.05) is 18.0 Å². The van der Waals surface area contributed by atoms with Gasteiger partial charge in [0.25, 0.3) is 0 Å². The number of hydrogen-bond donors (Lipinski definition) is 3. The number of aromatic hydroxyl groups is 1. The van der Waals surface area contributed by atoms with Gasteiger partial charge in [0.15, 0.2) is 0 Å². The lowest BCUT2D eigenvalue weighted by molar-refractivity contribution is 0.471. The van der Waals surface area contributed by atoms with Gasteiger partial charge in [0.1, 0.15) is 5.75 Å². The maximum atomic E-state index is 10.2. The lowest BCUT2D eigenvalue weighted by Gasteiger charge is -2.13. The highest BCUT2D eigenvalue weighted by Gasteiger charge is 2.11. The summed E-state index contributed by atoms with van der Waals surface area (Å²) in [5.41, 5.74) is 19.0. The predicted octanol–water partition coefficient (Wildman–Crippen LogP) is 4.58. The zero-order valence-corrected chi connectivity index (χ0v) is 15.7. The standard InChI is InChI=1S/C23H25N3O/c1-15-13-22(18-5-9-20(25)10-6-18)21(14-23(15)27)16(2)26-12-11-17-3-7-19(24)8-4-17/h3-10,13-14,27H,11-12,24-25H2,1-2H3. The molecule has 0 heterocycles. The van der Waals surface area contributed by atoms with Crippen LogP contribution in [0.4, 0.5) is 11.4 Å². The van der Waals surface area contributed by atoms with Gasteiger partial charge in [-0.3, -0.25) is 4.99 Å². The van der Waals surface area contributed by atoms with E-state index >= 15 is 0 Å². The third kappa shape index (κ3) is 4.47. The van der Waals surface area contributed by atoms with E-state index in [-0.39, 0.29) is 5.75 Å². The van der Waals surface area contributed by atoms with Crippen LogP contribution in [0.5, 0.6) is 5.75 Å². The molecule has 0 amide bonds. The van der Waals surface area contributed by atoms with Crippen LogP contribution in [0.3, 0.4) is 0 Å². The van der Waals surface area contributed by atoms with E-state index in [1.165, 1.54) is 5.56 Å². The first-order valence-electron chi connectivity index (χ1n) is 8.99. The van der Waals surface area contributed by atoms with Gasteiger partial charge < -0.3 is 16.6 Å². The van der Waals surface area contributed by atoms with Crippen molar-refractivity contribution in [2.45, 2.75) is 20.3 Å². The van der Waals surface area contributed by atoms with E-state index in [0.717, 1.165) is 45.8 Å². The van der Waals surface area contributed by atoms with E-state index in [4.69, 9.17) is 16.5 Å². The van der Waals surface area contributed by atoms with Crippen molar-refractivity contribution in [1.29, 1.82) is 0 Å². The molecule has 0 atom stereocenters. The number of rotatable bonds is 5. The molecule has 138 valence electrons. The van der Waals surface area contributed by atoms with Crippen LogP contribution in [0.15, 0.2) is 65.7 Å². The molecule has 27 heavy (non-hydrogen) atoms. The highest BCUT2D eigenvalue weighted by molar-refractivity contribution is 6.05. The molecule has 0 saturated carbocycles. The Hall–Kier alpha value is -3.27. The van der Waals surface area contributed by atoms with Crippen LogP contribution in [0.2, 0.25) is 0 Å². The van der Waals surface area contributed by atoms with E-state index in [0.29, 0.717) is 6.54 Å². The highest BCUT2D eigenvalue weighted by atomic mass is 16.3. The summed E-state index contributed by atoms with van der Waals surface area (Å²) in [4.78, 5) is 4.74. The number of nitrogen functional groups attached to an aromatic ring is 2. The minimum Gasteiger partial charge on any atom is -0.508 e. The molecule has 0 spiro atoms. The largest absolute Gasteiger partial charge is 0.508 e. The first kappa shape index (κ1) is 18.5. The molecular weight excluding hydrogens is 334 g/mol. The van der Waals surface area contributed by atoms with Crippen LogP contribution >= 0.6 is 0 Å². The molecule has 3 aromatic rings. The minimum atomic E-state index is 0.275. The molecular formula is C23H25N3O. The van der Waals surface area contributed by atoms with E-state index in [9.17, 15) is 5.11 Å². The Labute approximate surface area is 160 Å². The van der Waals surface area contributed by atoms with Gasteiger partial charge in [0, 0.05) is 29.2 Å². The summed E-state index contributed by atoms with van der Waals surface area (Å²) in [5.74, 6) is 0.275. The average molecular weight is 359 g/mol. The Morgan fingerprint density at radius 3 is 2.15 bits per heavy atom. The number of nitrogens with zero attached hydrogens (tertiary/aromatic N) is 1. The van der Waals surface area contributed by atoms with Crippen LogP contribution in [0.25, 0.3) is 11.1 Å². The van der Waals surface area contributed by atoms with Crippen molar-refractivity contribution in [3.05, 3.63) is 77.4 Å². The Morgan fingerprint density at radius 1 is 0.926 bits per heavy atom. The SMILES string of the molecule is CC(=NCCc1ccc(N)cc1)c1cc(O)c(C)cc1-c1ccc(N)cc1. The third-order valence-electron chi connectivity index (χ3n) is 4.68. The van der Waals surface area contributed by atoms with Crippen LogP contribution in [-0.2, 0) is 6.42 Å². The van der Waals surface area contributed by atoms with Gasteiger partial charge in [-0.2, -0.15) is 0 Å². The molecule has 0 aliphatic carbocycles. The summed E-state index contributed by atoms with van der Waals surface area (Å²) in [6.45, 7) is 4.55. The lowest BCUT2D eigenvalue weighted by Crippen LogP contribution is -2.02. The summed E-state index contributed by atoms with van der Waals surface area (Å²) >= 11 is 0. The zero-order valence-electron chi connectivity index (χ0n) is 15.7. The van der Waals surface area contributed by atoms with Crippen LogP contribution in [0.1, 0.15) is 23.6 Å². The molecule has 0 unspecified atom stereocenters. The number of nitrogens with two attached hydrogens (primary N) is 2. The molecule has 0 aliphatic rings. The summed E-state index contributed by atoms with van der Waals surface area (Å²) in [5, 5.41) is 10.2. The van der Waals surface area contributed by atoms with Crippen LogP contribution in [-0.4, -0.2) is 17.4 Å². The number of benzene rings is 3. The fraction of sp³-hybridized carbons (Fsp3) is 0.174. The van der Waals surface area contributed by atoms with E-state index in [1.54, 1.807) is 6.07 Å². The molecule has 0 aromatic heterocycles. The molecule has 0 aliphatic heterocycles. The highest BCUT2D eigenvalue weighted by Crippen LogP contribution is 2.31. The Morgan fingerprint density at radius 2 is 1.52 bits per heavy atom. The number of aryl methyl sites for hydroxylation is 1. The van der Waals surface area contributed by atoms with Gasteiger partial charge >= 0.3 is 0 Å². The number of phenolic OH excluding ortho intramolecular Hbond substituents is 1. The van der Waals surface area contributed by atoms with Crippen molar-refractivity contribution in [2.24, 2.45) is 4.99 Å². The summed E-state index contributed by atoms with van der Waals surface area (Å²) in [6.07, 6.45) is 0.840. The van der Waals surface area contributed by atoms with Gasteiger partial charge in [-0.15, -0.1) is 0 Å². The summed E-state index contributed by atoms with van der Waals surface area (Å²) < 4.78 is 0. The number of phenols is 1. The maximum Gasteiger partial charge on any atom is 0.119 e. The molecule has 0 radical (unpaired) electrons. The molecule has 4 nitrogen and oxygen atoms in total. The zero-order chi connectivity index (χ0) is 19.4. The number of hydrogen-bond acceptors (Lipinski definition) is 4. The molecule has 3 rings (SSSR count). The van der Waals surface area contributed by atoms with E-state index in [2.05, 4.69) is 0 Å². The monoisotopic (exact) mass is 359 g/mol. The third-order valence-corrected chi connectivity index (χ3v) is 4.68. The van der Waals surface area contributed by atoms with Gasteiger partial charge in [-0.05, 0) is 78.9 Å². The lowest BCUT2D eigenvalue weighted by atomic mass is 9.94. The van der Waals surface area contributed by atoms with Gasteiger partial charge in [-0.25, -0.2) is 0 Å². The summed E-state index contributed by atoms with van der Waals surface area (Å²) in [6, 6.07) is 19.4. The van der Waals surface area contributed by atoms with E-state index < -0.39 is 0 Å². The second-order valence-corrected chi connectivity index (χ2v) is 6.76. The fourth-order valence-electron chi connectivity index (χ4n) is 3.02. The number of anilines is 2. The topological polar surface area (TPSA) is 84.6 Å². The minimum absolute atomic E-state index is 0.275. The van der Waals surface area contributed by atoms with Crippen molar-refractivity contribution >= 4 is 17.1 Å².